The number of ketones is 1. The van der Waals surface area contributed by atoms with E-state index in [1.54, 1.807) is 6.26 Å². The van der Waals surface area contributed by atoms with Gasteiger partial charge >= 0.3 is 5.79 Å². The molecule has 23 heavy (non-hydrogen) atoms. The second kappa shape index (κ2) is 4.51. The molecular formula is C19H16O4. The number of Topliss-reactive ketones (excluding diaryl/α,β-unsaturated/α-hetero) is 1. The Balaban J connectivity index is 1.75. The average Bonchev–Trinajstić information content (AvgIpc) is 3.10. The molecule has 2 atom stereocenters. The summed E-state index contributed by atoms with van der Waals surface area (Å²) in [4.78, 5) is 12.5. The number of fused-ring (bicyclic) bond motifs is 5. The topological polar surface area (TPSA) is 48.7 Å². The second-order valence-electron chi connectivity index (χ2n) is 6.34. The number of hydrogen-bond acceptors (Lipinski definition) is 4. The molecule has 0 saturated heterocycles. The highest BCUT2D eigenvalue weighted by Crippen LogP contribution is 2.55. The third kappa shape index (κ3) is 1.75. The van der Waals surface area contributed by atoms with Gasteiger partial charge in [-0.2, -0.15) is 0 Å². The van der Waals surface area contributed by atoms with Crippen LogP contribution in [0.5, 0.6) is 5.75 Å². The molecule has 0 saturated carbocycles. The Morgan fingerprint density at radius 2 is 1.96 bits per heavy atom. The van der Waals surface area contributed by atoms with Gasteiger partial charge in [-0.1, -0.05) is 18.2 Å². The lowest BCUT2D eigenvalue weighted by Gasteiger charge is -2.46. The van der Waals surface area contributed by atoms with Gasteiger partial charge in [0.15, 0.2) is 11.5 Å². The minimum absolute atomic E-state index is 0.0154. The van der Waals surface area contributed by atoms with E-state index >= 15 is 0 Å². The predicted molar refractivity (Wildman–Crippen MR) is 81.8 cm³/mol. The molecule has 1 aromatic heterocycles. The van der Waals surface area contributed by atoms with Crippen LogP contribution in [0.2, 0.25) is 0 Å². The van der Waals surface area contributed by atoms with Crippen LogP contribution in [-0.4, -0.2) is 5.78 Å². The average molecular weight is 308 g/mol. The lowest BCUT2D eigenvalue weighted by atomic mass is 9.75. The maximum atomic E-state index is 12.5. The van der Waals surface area contributed by atoms with Gasteiger partial charge in [-0.3, -0.25) is 4.79 Å². The zero-order valence-corrected chi connectivity index (χ0v) is 12.6. The molecule has 1 aliphatic carbocycles. The summed E-state index contributed by atoms with van der Waals surface area (Å²) < 4.78 is 18.1. The Bertz CT molecular complexity index is 818. The number of hydrogen-bond donors (Lipinski definition) is 0. The van der Waals surface area contributed by atoms with Gasteiger partial charge < -0.3 is 13.9 Å². The second-order valence-corrected chi connectivity index (χ2v) is 6.34. The Morgan fingerprint density at radius 1 is 1.04 bits per heavy atom. The van der Waals surface area contributed by atoms with Crippen LogP contribution in [0.1, 0.15) is 42.9 Å². The van der Waals surface area contributed by atoms with E-state index in [0.29, 0.717) is 18.6 Å². The standard InChI is InChI=1S/C19H16O4/c20-14-6-3-8-16-18(14)13-11-19(23-16,17-9-4-10-21-17)22-15-7-2-1-5-12(13)15/h1-2,4-5,7,9-10,13H,3,6,8,11H2/t13-,19-/m0/s1. The quantitative estimate of drug-likeness (QED) is 0.798. The summed E-state index contributed by atoms with van der Waals surface area (Å²) in [5.74, 6) is 1.47. The largest absolute Gasteiger partial charge is 0.461 e. The van der Waals surface area contributed by atoms with Crippen LogP contribution in [0.15, 0.2) is 58.4 Å². The number of allylic oxidation sites excluding steroid dienone is 2. The highest BCUT2D eigenvalue weighted by Gasteiger charge is 2.53. The summed E-state index contributed by atoms with van der Waals surface area (Å²) >= 11 is 0. The van der Waals surface area contributed by atoms with Crippen molar-refractivity contribution in [2.24, 2.45) is 0 Å². The number of ether oxygens (including phenoxy) is 2. The van der Waals surface area contributed by atoms with Gasteiger partial charge in [-0.05, 0) is 24.6 Å². The first-order valence-corrected chi connectivity index (χ1v) is 8.04. The first kappa shape index (κ1) is 13.0. The number of carbonyl (C=O) groups is 1. The molecule has 0 radical (unpaired) electrons. The summed E-state index contributed by atoms with van der Waals surface area (Å²) in [7, 11) is 0. The zero-order chi connectivity index (χ0) is 15.4. The lowest BCUT2D eigenvalue weighted by molar-refractivity contribution is -0.204. The first-order chi connectivity index (χ1) is 11.3. The normalized spacial score (nSPS) is 28.5. The maximum absolute atomic E-state index is 12.5. The van der Waals surface area contributed by atoms with E-state index in [0.717, 1.165) is 35.5 Å². The fourth-order valence-electron chi connectivity index (χ4n) is 4.00. The fraction of sp³-hybridized carbons (Fsp3) is 0.316. The number of benzene rings is 1. The third-order valence-corrected chi connectivity index (χ3v) is 4.98. The van der Waals surface area contributed by atoms with E-state index in [1.807, 2.05) is 36.4 Å². The van der Waals surface area contributed by atoms with Crippen LogP contribution >= 0.6 is 0 Å². The van der Waals surface area contributed by atoms with Crippen LogP contribution < -0.4 is 4.74 Å². The summed E-state index contributed by atoms with van der Waals surface area (Å²) in [6, 6.07) is 11.6. The van der Waals surface area contributed by atoms with Gasteiger partial charge in [-0.15, -0.1) is 0 Å². The van der Waals surface area contributed by atoms with E-state index in [9.17, 15) is 4.79 Å². The number of para-hydroxylation sites is 1. The molecule has 1 aromatic carbocycles. The molecule has 0 amide bonds. The molecule has 0 spiro atoms. The van der Waals surface area contributed by atoms with Crippen molar-refractivity contribution in [3.8, 4) is 5.75 Å². The van der Waals surface area contributed by atoms with Gasteiger partial charge in [-0.25, -0.2) is 0 Å². The van der Waals surface area contributed by atoms with Crippen LogP contribution in [0.4, 0.5) is 0 Å². The van der Waals surface area contributed by atoms with Crippen molar-refractivity contribution in [3.63, 3.8) is 0 Å². The Morgan fingerprint density at radius 3 is 2.83 bits per heavy atom. The molecule has 2 aromatic rings. The van der Waals surface area contributed by atoms with Crippen LogP contribution in [0, 0.1) is 0 Å². The zero-order valence-electron chi connectivity index (χ0n) is 12.6. The molecule has 3 heterocycles. The van der Waals surface area contributed by atoms with E-state index < -0.39 is 5.79 Å². The molecule has 4 nitrogen and oxygen atoms in total. The molecule has 2 aliphatic heterocycles. The monoisotopic (exact) mass is 308 g/mol. The van der Waals surface area contributed by atoms with Crippen molar-refractivity contribution in [1.29, 1.82) is 0 Å². The van der Waals surface area contributed by atoms with Gasteiger partial charge in [0.05, 0.1) is 6.26 Å². The Labute approximate surface area is 133 Å². The van der Waals surface area contributed by atoms with Gasteiger partial charge in [0, 0.05) is 36.3 Å². The summed E-state index contributed by atoms with van der Waals surface area (Å²) in [5.41, 5.74) is 1.91. The highest BCUT2D eigenvalue weighted by molar-refractivity contribution is 5.98. The Hall–Kier alpha value is -2.49. The minimum atomic E-state index is -0.959. The molecule has 5 rings (SSSR count). The third-order valence-electron chi connectivity index (χ3n) is 4.98. The van der Waals surface area contributed by atoms with Gasteiger partial charge in [0.1, 0.15) is 11.5 Å². The highest BCUT2D eigenvalue weighted by atomic mass is 16.7. The molecule has 116 valence electrons. The van der Waals surface area contributed by atoms with Crippen molar-refractivity contribution in [3.05, 3.63) is 65.3 Å². The van der Waals surface area contributed by atoms with E-state index in [2.05, 4.69) is 0 Å². The SMILES string of the molecule is O=C1CCCC2=C1[C@H]1C[C@@](c3ccco3)(O2)Oc2ccccc21. The number of furan rings is 1. The molecule has 4 heteroatoms. The van der Waals surface area contributed by atoms with Crippen LogP contribution in [0.25, 0.3) is 0 Å². The van der Waals surface area contributed by atoms with Crippen molar-refractivity contribution >= 4 is 5.78 Å². The molecular weight excluding hydrogens is 292 g/mol. The molecule has 3 aliphatic rings. The van der Waals surface area contributed by atoms with Crippen molar-refractivity contribution in [2.75, 3.05) is 0 Å². The van der Waals surface area contributed by atoms with Gasteiger partial charge in [0.2, 0.25) is 0 Å². The summed E-state index contributed by atoms with van der Waals surface area (Å²) in [6.07, 6.45) is 4.42. The van der Waals surface area contributed by atoms with E-state index in [4.69, 9.17) is 13.9 Å². The maximum Gasteiger partial charge on any atom is 0.311 e. The summed E-state index contributed by atoms with van der Waals surface area (Å²) in [5, 5.41) is 0. The number of rotatable bonds is 1. The van der Waals surface area contributed by atoms with Crippen molar-refractivity contribution in [1.82, 2.24) is 0 Å². The predicted octanol–water partition coefficient (Wildman–Crippen LogP) is 4.04. The fourth-order valence-corrected chi connectivity index (χ4v) is 4.00. The molecule has 2 bridgehead atoms. The summed E-state index contributed by atoms with van der Waals surface area (Å²) in [6.45, 7) is 0. The van der Waals surface area contributed by atoms with Gasteiger partial charge in [0.25, 0.3) is 0 Å². The molecule has 0 N–H and O–H groups in total. The van der Waals surface area contributed by atoms with E-state index in [1.165, 1.54) is 0 Å². The van der Waals surface area contributed by atoms with Crippen molar-refractivity contribution in [2.45, 2.75) is 37.4 Å². The van der Waals surface area contributed by atoms with Crippen LogP contribution in [0.3, 0.4) is 0 Å². The van der Waals surface area contributed by atoms with E-state index in [-0.39, 0.29) is 11.7 Å². The smallest absolute Gasteiger partial charge is 0.311 e. The minimum Gasteiger partial charge on any atom is -0.461 e. The lowest BCUT2D eigenvalue weighted by Crippen LogP contribution is -2.45. The molecule has 0 fully saturated rings. The van der Waals surface area contributed by atoms with Crippen LogP contribution in [-0.2, 0) is 15.3 Å². The first-order valence-electron chi connectivity index (χ1n) is 8.04. The Kier molecular flexibility index (Phi) is 2.55. The van der Waals surface area contributed by atoms with Crippen molar-refractivity contribution < 1.29 is 18.7 Å². The molecule has 0 unspecified atom stereocenters. The number of carbonyl (C=O) groups excluding carboxylic acids is 1.